The van der Waals surface area contributed by atoms with Gasteiger partial charge in [0, 0.05) is 11.1 Å². The van der Waals surface area contributed by atoms with Crippen molar-refractivity contribution in [2.75, 3.05) is 0 Å². The van der Waals surface area contributed by atoms with Gasteiger partial charge in [-0.3, -0.25) is 0 Å². The van der Waals surface area contributed by atoms with E-state index in [1.54, 1.807) is 38.1 Å². The van der Waals surface area contributed by atoms with Crippen LogP contribution in [0.4, 0.5) is 0 Å². The lowest BCUT2D eigenvalue weighted by molar-refractivity contribution is -0.133. The molecule has 0 saturated carbocycles. The van der Waals surface area contributed by atoms with Crippen molar-refractivity contribution in [1.82, 2.24) is 0 Å². The lowest BCUT2D eigenvalue weighted by Gasteiger charge is -2.08. The summed E-state index contributed by atoms with van der Waals surface area (Å²) in [7, 11) is 0. The Morgan fingerprint density at radius 1 is 0.611 bits per heavy atom. The van der Waals surface area contributed by atoms with E-state index in [2.05, 4.69) is 13.2 Å². The first-order valence-electron chi connectivity index (χ1n) is 10.8. The molecule has 0 aliphatic carbocycles. The van der Waals surface area contributed by atoms with Gasteiger partial charge < -0.3 is 18.9 Å². The van der Waals surface area contributed by atoms with Crippen molar-refractivity contribution >= 4 is 17.9 Å². The minimum atomic E-state index is -0.531. The molecule has 7 heteroatoms. The van der Waals surface area contributed by atoms with Crippen LogP contribution < -0.4 is 14.2 Å². The molecule has 0 bridgehead atoms. The summed E-state index contributed by atoms with van der Waals surface area (Å²) in [4.78, 5) is 35.4. The van der Waals surface area contributed by atoms with Gasteiger partial charge >= 0.3 is 17.9 Å². The molecule has 182 valence electrons. The van der Waals surface area contributed by atoms with E-state index in [-0.39, 0.29) is 5.57 Å². The molecule has 0 spiro atoms. The minimum absolute atomic E-state index is 0.286. The van der Waals surface area contributed by atoms with Crippen molar-refractivity contribution in [3.63, 3.8) is 0 Å². The van der Waals surface area contributed by atoms with Gasteiger partial charge in [0.05, 0.1) is 5.56 Å². The summed E-state index contributed by atoms with van der Waals surface area (Å²) in [6.07, 6.45) is 2.41. The molecule has 0 aromatic heterocycles. The van der Waals surface area contributed by atoms with Crippen LogP contribution in [-0.4, -0.2) is 17.9 Å². The summed E-state index contributed by atoms with van der Waals surface area (Å²) in [6, 6.07) is 20.3. The van der Waals surface area contributed by atoms with Gasteiger partial charge in [0.25, 0.3) is 0 Å². The van der Waals surface area contributed by atoms with Crippen LogP contribution in [0.5, 0.6) is 17.2 Å². The number of ether oxygens (including phenoxy) is 4. The van der Waals surface area contributed by atoms with Crippen LogP contribution in [0.15, 0.2) is 110 Å². The van der Waals surface area contributed by atoms with Crippen LogP contribution in [0, 0.1) is 0 Å². The zero-order valence-corrected chi connectivity index (χ0v) is 19.9. The summed E-state index contributed by atoms with van der Waals surface area (Å²) in [6.45, 7) is 10.1. The van der Waals surface area contributed by atoms with Crippen molar-refractivity contribution in [3.05, 3.63) is 115 Å². The van der Waals surface area contributed by atoms with E-state index in [0.717, 1.165) is 17.4 Å². The highest BCUT2D eigenvalue weighted by Crippen LogP contribution is 2.24. The van der Waals surface area contributed by atoms with Gasteiger partial charge in [0.15, 0.2) is 0 Å². The average molecular weight is 485 g/mol. The fraction of sp³-hybridized carbons (Fsp3) is 0.0690. The van der Waals surface area contributed by atoms with Crippen LogP contribution in [0.2, 0.25) is 0 Å². The molecule has 0 aliphatic heterocycles. The molecule has 36 heavy (non-hydrogen) atoms. The Hall–Kier alpha value is -4.91. The Morgan fingerprint density at radius 2 is 1.08 bits per heavy atom. The van der Waals surface area contributed by atoms with E-state index in [1.807, 2.05) is 24.3 Å². The van der Waals surface area contributed by atoms with Gasteiger partial charge in [-0.25, -0.2) is 14.4 Å². The number of rotatable bonds is 9. The highest BCUT2D eigenvalue weighted by molar-refractivity contribution is 5.92. The highest BCUT2D eigenvalue weighted by Gasteiger charge is 2.11. The predicted octanol–water partition coefficient (Wildman–Crippen LogP) is 6.02. The van der Waals surface area contributed by atoms with Crippen molar-refractivity contribution in [3.8, 4) is 28.4 Å². The molecule has 0 amide bonds. The minimum Gasteiger partial charge on any atom is -0.462 e. The molecule has 0 radical (unpaired) electrons. The van der Waals surface area contributed by atoms with Gasteiger partial charge in [-0.1, -0.05) is 37.4 Å². The molecule has 0 unspecified atom stereocenters. The van der Waals surface area contributed by atoms with Crippen LogP contribution in [0.1, 0.15) is 24.2 Å². The molecule has 3 aromatic rings. The van der Waals surface area contributed by atoms with E-state index in [0.29, 0.717) is 28.4 Å². The van der Waals surface area contributed by atoms with Crippen LogP contribution in [-0.2, 0) is 14.3 Å². The van der Waals surface area contributed by atoms with Gasteiger partial charge in [0.1, 0.15) is 29.8 Å². The number of carbonyl (C=O) groups is 3. The Morgan fingerprint density at radius 3 is 1.61 bits per heavy atom. The van der Waals surface area contributed by atoms with Gasteiger partial charge in [-0.2, -0.15) is 0 Å². The molecule has 3 rings (SSSR count). The monoisotopic (exact) mass is 484 g/mol. The summed E-state index contributed by atoms with van der Waals surface area (Å²) in [5.41, 5.74) is 2.77. The Kier molecular flexibility index (Phi) is 8.56. The number of hydrogen-bond acceptors (Lipinski definition) is 7. The largest absolute Gasteiger partial charge is 0.462 e. The lowest BCUT2D eigenvalue weighted by atomic mass is 10.0. The topological polar surface area (TPSA) is 88.1 Å². The number of esters is 3. The predicted molar refractivity (Wildman–Crippen MR) is 134 cm³/mol. The second-order valence-corrected chi connectivity index (χ2v) is 7.71. The molecule has 3 aromatic carbocycles. The SMILES string of the molecule is C=C(C)C(=O)OC=COc1ccc(-c2ccc(C(=O)Oc3ccc(OC(=O)C(=C)C)cc3)cc2)cc1. The third-order valence-electron chi connectivity index (χ3n) is 4.68. The van der Waals surface area contributed by atoms with E-state index >= 15 is 0 Å². The quantitative estimate of drug-likeness (QED) is 0.159. The Balaban J connectivity index is 1.56. The van der Waals surface area contributed by atoms with Crippen LogP contribution in [0.25, 0.3) is 11.1 Å². The molecule has 0 N–H and O–H groups in total. The fourth-order valence-electron chi connectivity index (χ4n) is 2.76. The second kappa shape index (κ2) is 12.0. The number of carbonyl (C=O) groups excluding carboxylic acids is 3. The smallest absolute Gasteiger partial charge is 0.343 e. The van der Waals surface area contributed by atoms with E-state index in [1.165, 1.54) is 30.5 Å². The maximum Gasteiger partial charge on any atom is 0.343 e. The normalized spacial score (nSPS) is 10.4. The van der Waals surface area contributed by atoms with Crippen molar-refractivity contribution in [2.45, 2.75) is 13.8 Å². The highest BCUT2D eigenvalue weighted by atomic mass is 16.5. The molecular weight excluding hydrogens is 460 g/mol. The standard InChI is InChI=1S/C29H24O7/c1-19(2)27(30)34-18-17-33-24-11-9-22(10-12-24)21-5-7-23(8-6-21)29(32)36-26-15-13-25(14-16-26)35-28(31)20(3)4/h5-18H,1,3H2,2,4H3. The van der Waals surface area contributed by atoms with Gasteiger partial charge in [-0.05, 0) is 73.5 Å². The Bertz CT molecular complexity index is 1300. The molecular formula is C29H24O7. The Labute approximate surface area is 208 Å². The van der Waals surface area contributed by atoms with Crippen LogP contribution >= 0.6 is 0 Å². The molecule has 0 aliphatic rings. The zero-order valence-electron chi connectivity index (χ0n) is 19.9. The number of hydrogen-bond donors (Lipinski definition) is 0. The first-order chi connectivity index (χ1) is 17.2. The summed E-state index contributed by atoms with van der Waals surface area (Å²) in [5.74, 6) is -0.375. The summed E-state index contributed by atoms with van der Waals surface area (Å²) in [5, 5.41) is 0. The third kappa shape index (κ3) is 7.30. The maximum absolute atomic E-state index is 12.5. The average Bonchev–Trinajstić information content (AvgIpc) is 2.88. The van der Waals surface area contributed by atoms with E-state index in [4.69, 9.17) is 18.9 Å². The van der Waals surface area contributed by atoms with E-state index in [9.17, 15) is 14.4 Å². The van der Waals surface area contributed by atoms with Crippen molar-refractivity contribution < 1.29 is 33.3 Å². The molecule has 0 atom stereocenters. The molecule has 0 fully saturated rings. The van der Waals surface area contributed by atoms with Crippen LogP contribution in [0.3, 0.4) is 0 Å². The third-order valence-corrected chi connectivity index (χ3v) is 4.68. The zero-order chi connectivity index (χ0) is 26.1. The lowest BCUT2D eigenvalue weighted by Crippen LogP contribution is -2.09. The van der Waals surface area contributed by atoms with Crippen molar-refractivity contribution in [2.24, 2.45) is 0 Å². The summed E-state index contributed by atoms with van der Waals surface area (Å²) >= 11 is 0. The van der Waals surface area contributed by atoms with Crippen molar-refractivity contribution in [1.29, 1.82) is 0 Å². The first kappa shape index (κ1) is 25.7. The maximum atomic E-state index is 12.5. The second-order valence-electron chi connectivity index (χ2n) is 7.71. The fourth-order valence-corrected chi connectivity index (χ4v) is 2.76. The first-order valence-corrected chi connectivity index (χ1v) is 10.8. The molecule has 7 nitrogen and oxygen atoms in total. The number of benzene rings is 3. The molecule has 0 heterocycles. The van der Waals surface area contributed by atoms with E-state index < -0.39 is 17.9 Å². The van der Waals surface area contributed by atoms with Gasteiger partial charge in [-0.15, -0.1) is 0 Å². The molecule has 0 saturated heterocycles. The van der Waals surface area contributed by atoms with Gasteiger partial charge in [0.2, 0.25) is 0 Å². The summed E-state index contributed by atoms with van der Waals surface area (Å²) < 4.78 is 20.7.